The number of carbonyl (C=O) groups excluding carboxylic acids is 1. The summed E-state index contributed by atoms with van der Waals surface area (Å²) in [6.07, 6.45) is -14.6. The fraction of sp³-hybridized carbons (Fsp3) is 0.650. The molecule has 2 fully saturated rings. The molecule has 2 aliphatic rings. The van der Waals surface area contributed by atoms with Gasteiger partial charge in [-0.2, -0.15) is 4.91 Å². The van der Waals surface area contributed by atoms with Crippen molar-refractivity contribution in [1.29, 1.82) is 0 Å². The highest BCUT2D eigenvalue weighted by Crippen LogP contribution is 2.31. The second-order valence-corrected chi connectivity index (χ2v) is 8.18. The number of nitrogens with one attached hydrogen (secondary N) is 1. The number of hydrogen-bond donors (Lipinski definition) is 9. The zero-order chi connectivity index (χ0) is 25.9. The lowest BCUT2D eigenvalue weighted by atomic mass is 9.96. The van der Waals surface area contributed by atoms with Crippen molar-refractivity contribution in [2.24, 2.45) is 5.18 Å². The van der Waals surface area contributed by atoms with E-state index in [1.165, 1.54) is 18.2 Å². The lowest BCUT2D eigenvalue weighted by molar-refractivity contribution is -0.277. The predicted octanol–water partition coefficient (Wildman–Crippen LogP) is -4.20. The topological polar surface area (TPSA) is 248 Å². The number of rotatable bonds is 8. The number of phenols is 1. The number of nitrogens with zero attached hydrogens (tertiary/aromatic N) is 1. The van der Waals surface area contributed by atoms with E-state index in [1.54, 1.807) is 0 Å². The van der Waals surface area contributed by atoms with Crippen molar-refractivity contribution in [3.8, 4) is 11.5 Å². The summed E-state index contributed by atoms with van der Waals surface area (Å²) >= 11 is 0. The molecular formula is C20H28N2O13. The smallest absolute Gasteiger partial charge is 0.252 e. The average molecular weight is 504 g/mol. The number of phenolic OH excluding ortho intramolecular Hbond substituents is 1. The van der Waals surface area contributed by atoms with E-state index >= 15 is 0 Å². The monoisotopic (exact) mass is 504 g/mol. The number of nitroso groups, excluding NO2 is 1. The van der Waals surface area contributed by atoms with Crippen molar-refractivity contribution in [3.63, 3.8) is 0 Å². The summed E-state index contributed by atoms with van der Waals surface area (Å²) in [7, 11) is 0. The van der Waals surface area contributed by atoms with Gasteiger partial charge in [-0.05, 0) is 24.1 Å². The van der Waals surface area contributed by atoms with Crippen LogP contribution in [0.15, 0.2) is 23.4 Å². The quantitative estimate of drug-likeness (QED) is 0.153. The van der Waals surface area contributed by atoms with Crippen LogP contribution in [0.4, 0.5) is 0 Å². The van der Waals surface area contributed by atoms with Crippen LogP contribution in [0.2, 0.25) is 0 Å². The minimum atomic E-state index is -1.89. The van der Waals surface area contributed by atoms with Gasteiger partial charge in [0.2, 0.25) is 6.29 Å². The number of benzene rings is 1. The second-order valence-electron chi connectivity index (χ2n) is 8.18. The van der Waals surface area contributed by atoms with Crippen LogP contribution in [0.1, 0.15) is 5.56 Å². The summed E-state index contributed by atoms with van der Waals surface area (Å²) in [5, 5.41) is 83.4. The fourth-order valence-electron chi connectivity index (χ4n) is 3.73. The molecule has 2 heterocycles. The molecule has 10 unspecified atom stereocenters. The van der Waals surface area contributed by atoms with E-state index in [0.717, 1.165) is 0 Å². The number of carbonyl (C=O) groups is 1. The van der Waals surface area contributed by atoms with Gasteiger partial charge < -0.3 is 60.4 Å². The van der Waals surface area contributed by atoms with Gasteiger partial charge in [0.25, 0.3) is 5.91 Å². The first-order valence-electron chi connectivity index (χ1n) is 10.7. The van der Waals surface area contributed by atoms with Crippen LogP contribution >= 0.6 is 0 Å². The van der Waals surface area contributed by atoms with Crippen molar-refractivity contribution < 1.29 is 59.9 Å². The maximum atomic E-state index is 12.3. The molecule has 196 valence electrons. The van der Waals surface area contributed by atoms with E-state index in [0.29, 0.717) is 5.56 Å². The van der Waals surface area contributed by atoms with Gasteiger partial charge in [0.1, 0.15) is 36.6 Å². The molecule has 0 spiro atoms. The van der Waals surface area contributed by atoms with E-state index < -0.39 is 73.9 Å². The third kappa shape index (κ3) is 5.85. The van der Waals surface area contributed by atoms with Gasteiger partial charge in [0, 0.05) is 6.54 Å². The standard InChI is InChI=1S/C20H28N2O13/c23-6-10-12(25)15(28)16(29)20(34-10)33-9-5-7(1-2-8(9)24)3-4-21-18(30)17-13(26)11(22-32)14(27)19(31)35-17/h1-2,5,10-17,19-20,23-29,31H,3-4,6H2,(H,21,30). The zero-order valence-electron chi connectivity index (χ0n) is 18.2. The van der Waals surface area contributed by atoms with Crippen molar-refractivity contribution in [3.05, 3.63) is 28.7 Å². The lowest BCUT2D eigenvalue weighted by Gasteiger charge is -2.39. The Labute approximate surface area is 198 Å². The first-order valence-corrected chi connectivity index (χ1v) is 10.7. The van der Waals surface area contributed by atoms with Gasteiger partial charge in [-0.25, -0.2) is 0 Å². The number of aromatic hydroxyl groups is 1. The molecule has 15 heteroatoms. The van der Waals surface area contributed by atoms with E-state index in [9.17, 15) is 50.6 Å². The molecule has 0 aliphatic carbocycles. The first-order chi connectivity index (χ1) is 16.6. The summed E-state index contributed by atoms with van der Waals surface area (Å²) in [6, 6.07) is 2.47. The summed E-state index contributed by atoms with van der Waals surface area (Å²) in [5.41, 5.74) is 0.524. The minimum Gasteiger partial charge on any atom is -0.504 e. The average Bonchev–Trinajstić information content (AvgIpc) is 2.83. The Morgan fingerprint density at radius 3 is 2.37 bits per heavy atom. The third-order valence-corrected chi connectivity index (χ3v) is 5.80. The van der Waals surface area contributed by atoms with E-state index in [1.807, 2.05) is 0 Å². The fourth-order valence-corrected chi connectivity index (χ4v) is 3.73. The lowest BCUT2D eigenvalue weighted by Crippen LogP contribution is -2.60. The molecule has 35 heavy (non-hydrogen) atoms. The van der Waals surface area contributed by atoms with Crippen molar-refractivity contribution >= 4 is 5.91 Å². The van der Waals surface area contributed by atoms with Gasteiger partial charge in [-0.3, -0.25) is 4.79 Å². The summed E-state index contributed by atoms with van der Waals surface area (Å²) in [4.78, 5) is 23.2. The Bertz CT molecular complexity index is 887. The second kappa shape index (κ2) is 11.5. The molecule has 15 nitrogen and oxygen atoms in total. The first kappa shape index (κ1) is 27.1. The van der Waals surface area contributed by atoms with Gasteiger partial charge in [-0.15, -0.1) is 0 Å². The van der Waals surface area contributed by atoms with Crippen molar-refractivity contribution in [1.82, 2.24) is 5.32 Å². The molecule has 0 bridgehead atoms. The maximum Gasteiger partial charge on any atom is 0.252 e. The minimum absolute atomic E-state index is 0.0203. The molecule has 0 saturated carbocycles. The van der Waals surface area contributed by atoms with Crippen LogP contribution in [0.5, 0.6) is 11.5 Å². The molecule has 2 aliphatic heterocycles. The zero-order valence-corrected chi connectivity index (χ0v) is 18.2. The Hall–Kier alpha value is -2.47. The maximum absolute atomic E-state index is 12.3. The molecule has 3 rings (SSSR count). The summed E-state index contributed by atoms with van der Waals surface area (Å²) < 4.78 is 15.6. The van der Waals surface area contributed by atoms with Gasteiger partial charge in [0.05, 0.1) is 6.61 Å². The number of aliphatic hydroxyl groups is 7. The normalized spacial score (nSPS) is 37.5. The number of amides is 1. The molecule has 0 radical (unpaired) electrons. The highest BCUT2D eigenvalue weighted by Gasteiger charge is 2.48. The molecule has 1 amide bonds. The van der Waals surface area contributed by atoms with Crippen LogP contribution in [0.3, 0.4) is 0 Å². The number of hydrogen-bond acceptors (Lipinski definition) is 14. The van der Waals surface area contributed by atoms with Gasteiger partial charge in [-0.1, -0.05) is 11.2 Å². The molecular weight excluding hydrogens is 476 g/mol. The third-order valence-electron chi connectivity index (χ3n) is 5.80. The molecule has 9 N–H and O–H groups in total. The predicted molar refractivity (Wildman–Crippen MR) is 112 cm³/mol. The molecule has 2 saturated heterocycles. The largest absolute Gasteiger partial charge is 0.504 e. The Kier molecular flexibility index (Phi) is 8.92. The van der Waals surface area contributed by atoms with Crippen molar-refractivity contribution in [2.75, 3.05) is 13.2 Å². The molecule has 0 aromatic heterocycles. The molecule has 10 atom stereocenters. The Morgan fingerprint density at radius 2 is 1.71 bits per heavy atom. The Morgan fingerprint density at radius 1 is 1.00 bits per heavy atom. The number of aliphatic hydroxyl groups excluding tert-OH is 7. The van der Waals surface area contributed by atoms with Crippen molar-refractivity contribution in [2.45, 2.75) is 67.8 Å². The SMILES string of the molecule is O=NC1C(O)C(O)OC(C(=O)NCCc2ccc(O)c(OC3OC(CO)C(O)C(O)C3O)c2)C1O. The van der Waals surface area contributed by atoms with Crippen LogP contribution in [0.25, 0.3) is 0 Å². The molecule has 1 aromatic rings. The highest BCUT2D eigenvalue weighted by molar-refractivity contribution is 5.81. The van der Waals surface area contributed by atoms with E-state index in [-0.39, 0.29) is 24.5 Å². The molecule has 1 aromatic carbocycles. The van der Waals surface area contributed by atoms with E-state index in [4.69, 9.17) is 14.2 Å². The van der Waals surface area contributed by atoms with E-state index in [2.05, 4.69) is 10.5 Å². The summed E-state index contributed by atoms with van der Waals surface area (Å²) in [6.45, 7) is -0.677. The van der Waals surface area contributed by atoms with Crippen LogP contribution in [0, 0.1) is 4.91 Å². The van der Waals surface area contributed by atoms with Crippen LogP contribution in [-0.2, 0) is 20.7 Å². The number of ether oxygens (including phenoxy) is 3. The highest BCUT2D eigenvalue weighted by atomic mass is 16.7. The van der Waals surface area contributed by atoms with Crippen LogP contribution in [-0.4, -0.2) is 121 Å². The van der Waals surface area contributed by atoms with Gasteiger partial charge >= 0.3 is 0 Å². The summed E-state index contributed by atoms with van der Waals surface area (Å²) in [5.74, 6) is -1.36. The Balaban J connectivity index is 1.59. The van der Waals surface area contributed by atoms with Crippen LogP contribution < -0.4 is 10.1 Å². The van der Waals surface area contributed by atoms with Gasteiger partial charge in [0.15, 0.2) is 29.9 Å².